The van der Waals surface area contributed by atoms with E-state index in [1.54, 1.807) is 0 Å². The quantitative estimate of drug-likeness (QED) is 0.483. The summed E-state index contributed by atoms with van der Waals surface area (Å²) in [7, 11) is 0. The van der Waals surface area contributed by atoms with Gasteiger partial charge in [0.1, 0.15) is 0 Å². The molecule has 0 unspecified atom stereocenters. The molecule has 0 aliphatic carbocycles. The van der Waals surface area contributed by atoms with Gasteiger partial charge in [-0.1, -0.05) is 0 Å². The third-order valence-corrected chi connectivity index (χ3v) is 1.64. The number of rotatable bonds is 0. The largest absolute Gasteiger partial charge is 0.313 e. The number of nitrogens with one attached hydrogen (secondary N) is 1. The summed E-state index contributed by atoms with van der Waals surface area (Å²) < 4.78 is 0. The first-order valence-corrected chi connectivity index (χ1v) is 3.14. The molecule has 2 heteroatoms. The molecule has 48 valence electrons. The molecule has 1 N–H and O–H groups in total. The molecule has 0 amide bonds. The SMILES string of the molecule is C/C(C#N)=C1/CCNC1. The maximum absolute atomic E-state index is 8.46. The second-order valence-electron chi connectivity index (χ2n) is 2.27. The van der Waals surface area contributed by atoms with Crippen molar-refractivity contribution in [1.29, 1.82) is 5.26 Å². The third-order valence-electron chi connectivity index (χ3n) is 1.64. The lowest BCUT2D eigenvalue weighted by Crippen LogP contribution is -2.04. The van der Waals surface area contributed by atoms with Crippen LogP contribution >= 0.6 is 0 Å². The van der Waals surface area contributed by atoms with Gasteiger partial charge in [0.05, 0.1) is 6.07 Å². The highest BCUT2D eigenvalue weighted by Gasteiger charge is 2.07. The van der Waals surface area contributed by atoms with E-state index in [1.165, 1.54) is 5.57 Å². The Morgan fingerprint density at radius 1 is 1.78 bits per heavy atom. The standard InChI is InChI=1S/C7H10N2/c1-6(4-8)7-2-3-9-5-7/h9H,2-3,5H2,1H3/b7-6+. The van der Waals surface area contributed by atoms with Gasteiger partial charge in [0.2, 0.25) is 0 Å². The summed E-state index contributed by atoms with van der Waals surface area (Å²) in [4.78, 5) is 0. The maximum Gasteiger partial charge on any atom is 0.0944 e. The van der Waals surface area contributed by atoms with Gasteiger partial charge in [-0.3, -0.25) is 0 Å². The number of nitrogens with zero attached hydrogens (tertiary/aromatic N) is 1. The van der Waals surface area contributed by atoms with Crippen LogP contribution in [0.4, 0.5) is 0 Å². The summed E-state index contributed by atoms with van der Waals surface area (Å²) >= 11 is 0. The zero-order chi connectivity index (χ0) is 6.69. The smallest absolute Gasteiger partial charge is 0.0944 e. The Morgan fingerprint density at radius 2 is 2.56 bits per heavy atom. The molecule has 0 spiro atoms. The normalized spacial score (nSPS) is 23.6. The van der Waals surface area contributed by atoms with Crippen LogP contribution in [0.2, 0.25) is 0 Å². The summed E-state index contributed by atoms with van der Waals surface area (Å²) in [6.07, 6.45) is 1.05. The molecule has 1 aliphatic rings. The molecule has 1 fully saturated rings. The summed E-state index contributed by atoms with van der Waals surface area (Å²) in [6.45, 7) is 3.83. The van der Waals surface area contributed by atoms with Crippen molar-refractivity contribution in [3.05, 3.63) is 11.1 Å². The highest BCUT2D eigenvalue weighted by Crippen LogP contribution is 2.10. The maximum atomic E-state index is 8.46. The van der Waals surface area contributed by atoms with Crippen LogP contribution in [0.3, 0.4) is 0 Å². The fourth-order valence-corrected chi connectivity index (χ4v) is 0.966. The zero-order valence-corrected chi connectivity index (χ0v) is 5.57. The van der Waals surface area contributed by atoms with E-state index in [9.17, 15) is 0 Å². The molecule has 1 heterocycles. The molecule has 9 heavy (non-hydrogen) atoms. The van der Waals surface area contributed by atoms with Crippen LogP contribution in [0, 0.1) is 11.3 Å². The second-order valence-corrected chi connectivity index (χ2v) is 2.27. The minimum Gasteiger partial charge on any atom is -0.313 e. The fraction of sp³-hybridized carbons (Fsp3) is 0.571. The molecule has 0 aromatic carbocycles. The molecule has 0 radical (unpaired) electrons. The van der Waals surface area contributed by atoms with E-state index in [0.29, 0.717) is 0 Å². The molecule has 0 atom stereocenters. The minimum atomic E-state index is 0.889. The topological polar surface area (TPSA) is 35.8 Å². The van der Waals surface area contributed by atoms with Crippen LogP contribution in [0.25, 0.3) is 0 Å². The predicted octanol–water partition coefficient (Wildman–Crippen LogP) is 0.820. The summed E-state index contributed by atoms with van der Waals surface area (Å²) in [6, 6.07) is 2.15. The number of nitriles is 1. The first kappa shape index (κ1) is 6.31. The molecule has 1 rings (SSSR count). The van der Waals surface area contributed by atoms with Gasteiger partial charge in [0.25, 0.3) is 0 Å². The molecule has 1 saturated heterocycles. The van der Waals surface area contributed by atoms with Gasteiger partial charge in [-0.2, -0.15) is 5.26 Å². The van der Waals surface area contributed by atoms with Crippen molar-refractivity contribution in [2.45, 2.75) is 13.3 Å². The Labute approximate surface area is 55.2 Å². The van der Waals surface area contributed by atoms with Crippen molar-refractivity contribution >= 4 is 0 Å². The lowest BCUT2D eigenvalue weighted by Gasteiger charge is -1.92. The van der Waals surface area contributed by atoms with Crippen LogP contribution in [0.1, 0.15) is 13.3 Å². The van der Waals surface area contributed by atoms with Crippen molar-refractivity contribution in [3.8, 4) is 6.07 Å². The molecule has 0 aromatic rings. The minimum absolute atomic E-state index is 0.889. The molecule has 0 aromatic heterocycles. The highest BCUT2D eigenvalue weighted by molar-refractivity contribution is 5.28. The van der Waals surface area contributed by atoms with E-state index in [2.05, 4.69) is 11.4 Å². The van der Waals surface area contributed by atoms with Crippen molar-refractivity contribution in [3.63, 3.8) is 0 Å². The van der Waals surface area contributed by atoms with Crippen LogP contribution in [-0.2, 0) is 0 Å². The molecule has 0 bridgehead atoms. The van der Waals surface area contributed by atoms with Crippen molar-refractivity contribution < 1.29 is 0 Å². The number of allylic oxidation sites excluding steroid dienone is 1. The van der Waals surface area contributed by atoms with E-state index in [-0.39, 0.29) is 0 Å². The van der Waals surface area contributed by atoms with Gasteiger partial charge in [-0.15, -0.1) is 0 Å². The lowest BCUT2D eigenvalue weighted by atomic mass is 10.1. The van der Waals surface area contributed by atoms with E-state index in [1.807, 2.05) is 6.92 Å². The van der Waals surface area contributed by atoms with Gasteiger partial charge in [-0.25, -0.2) is 0 Å². The van der Waals surface area contributed by atoms with E-state index >= 15 is 0 Å². The van der Waals surface area contributed by atoms with Crippen LogP contribution in [-0.4, -0.2) is 13.1 Å². The molecule has 0 saturated carbocycles. The summed E-state index contributed by atoms with van der Waals surface area (Å²) in [5.41, 5.74) is 2.16. The van der Waals surface area contributed by atoms with E-state index in [0.717, 1.165) is 25.1 Å². The number of hydrogen-bond acceptors (Lipinski definition) is 2. The van der Waals surface area contributed by atoms with Crippen molar-refractivity contribution in [1.82, 2.24) is 5.32 Å². The number of hydrogen-bond donors (Lipinski definition) is 1. The average Bonchev–Trinajstić information content (AvgIpc) is 2.37. The zero-order valence-electron chi connectivity index (χ0n) is 5.57. The van der Waals surface area contributed by atoms with Gasteiger partial charge >= 0.3 is 0 Å². The molecule has 2 nitrogen and oxygen atoms in total. The lowest BCUT2D eigenvalue weighted by molar-refractivity contribution is 0.862. The van der Waals surface area contributed by atoms with Crippen LogP contribution < -0.4 is 5.32 Å². The second kappa shape index (κ2) is 2.65. The first-order valence-electron chi connectivity index (χ1n) is 3.14. The summed E-state index contributed by atoms with van der Waals surface area (Å²) in [5, 5.41) is 11.6. The predicted molar refractivity (Wildman–Crippen MR) is 35.8 cm³/mol. The van der Waals surface area contributed by atoms with Crippen molar-refractivity contribution in [2.75, 3.05) is 13.1 Å². The highest BCUT2D eigenvalue weighted by atomic mass is 14.9. The Hall–Kier alpha value is -0.810. The van der Waals surface area contributed by atoms with E-state index < -0.39 is 0 Å². The van der Waals surface area contributed by atoms with Crippen molar-refractivity contribution in [2.24, 2.45) is 0 Å². The Morgan fingerprint density at radius 3 is 3.00 bits per heavy atom. The van der Waals surface area contributed by atoms with Crippen LogP contribution in [0.5, 0.6) is 0 Å². The molecule has 1 aliphatic heterocycles. The fourth-order valence-electron chi connectivity index (χ4n) is 0.966. The van der Waals surface area contributed by atoms with Gasteiger partial charge in [0.15, 0.2) is 0 Å². The summed E-state index contributed by atoms with van der Waals surface area (Å²) in [5.74, 6) is 0. The third kappa shape index (κ3) is 1.30. The van der Waals surface area contributed by atoms with Gasteiger partial charge < -0.3 is 5.32 Å². The Bertz CT molecular complexity index is 166. The average molecular weight is 122 g/mol. The van der Waals surface area contributed by atoms with Gasteiger partial charge in [-0.05, 0) is 25.5 Å². The molecular formula is C7H10N2. The van der Waals surface area contributed by atoms with E-state index in [4.69, 9.17) is 5.26 Å². The first-order chi connectivity index (χ1) is 4.34. The Balaban J connectivity index is 2.70. The Kier molecular flexibility index (Phi) is 1.86. The molecular weight excluding hydrogens is 112 g/mol. The van der Waals surface area contributed by atoms with Crippen LogP contribution in [0.15, 0.2) is 11.1 Å². The van der Waals surface area contributed by atoms with Gasteiger partial charge in [0, 0.05) is 12.1 Å². The monoisotopic (exact) mass is 122 g/mol.